The van der Waals surface area contributed by atoms with Gasteiger partial charge in [-0.3, -0.25) is 4.90 Å². The Labute approximate surface area is 171 Å². The van der Waals surface area contributed by atoms with Crippen molar-refractivity contribution in [2.45, 2.75) is 6.92 Å². The van der Waals surface area contributed by atoms with Crippen molar-refractivity contribution in [3.63, 3.8) is 0 Å². The Hall–Kier alpha value is -2.90. The highest BCUT2D eigenvalue weighted by Crippen LogP contribution is 2.26. The highest BCUT2D eigenvalue weighted by Gasteiger charge is 2.15. The van der Waals surface area contributed by atoms with Crippen LogP contribution < -0.4 is 5.32 Å². The van der Waals surface area contributed by atoms with Gasteiger partial charge in [-0.25, -0.2) is 9.97 Å². The van der Waals surface area contributed by atoms with Crippen molar-refractivity contribution in [2.75, 3.05) is 45.1 Å². The van der Waals surface area contributed by atoms with Crippen molar-refractivity contribution in [3.05, 3.63) is 54.4 Å². The summed E-state index contributed by atoms with van der Waals surface area (Å²) in [6.45, 7) is 6.76. The second-order valence-corrected chi connectivity index (χ2v) is 7.74. The summed E-state index contributed by atoms with van der Waals surface area (Å²) in [5.41, 5.74) is 2.95. The van der Waals surface area contributed by atoms with Crippen LogP contribution in [0.3, 0.4) is 0 Å². The van der Waals surface area contributed by atoms with Gasteiger partial charge in [0.25, 0.3) is 0 Å². The Bertz CT molecular complexity index is 1030. The zero-order valence-electron chi connectivity index (χ0n) is 17.3. The molecule has 3 heterocycles. The van der Waals surface area contributed by atoms with Gasteiger partial charge in [-0.15, -0.1) is 0 Å². The Morgan fingerprint density at radius 1 is 1.07 bits per heavy atom. The van der Waals surface area contributed by atoms with Gasteiger partial charge in [-0.05, 0) is 31.5 Å². The molecule has 7 nitrogen and oxygen atoms in total. The van der Waals surface area contributed by atoms with E-state index in [-0.39, 0.29) is 0 Å². The number of benzene rings is 1. The average molecular weight is 393 g/mol. The third-order valence-corrected chi connectivity index (χ3v) is 5.67. The van der Waals surface area contributed by atoms with Crippen molar-refractivity contribution in [1.82, 2.24) is 24.3 Å². The minimum absolute atomic E-state index is 0.679. The molecule has 3 aromatic rings. The number of hydrogen-bond donors (Lipinski definition) is 2. The molecule has 0 atom stereocenters. The van der Waals surface area contributed by atoms with Gasteiger partial charge in [-0.2, -0.15) is 0 Å². The number of nitrogens with zero attached hydrogens (tertiary/aromatic N) is 5. The Kier molecular flexibility index (Phi) is 5.51. The molecule has 0 spiro atoms. The van der Waals surface area contributed by atoms with Crippen molar-refractivity contribution < 1.29 is 5.11 Å². The zero-order valence-corrected chi connectivity index (χ0v) is 17.3. The molecule has 29 heavy (non-hydrogen) atoms. The first-order valence-electron chi connectivity index (χ1n) is 9.93. The minimum Gasteiger partial charge on any atom is -0.514 e. The van der Waals surface area contributed by atoms with Crippen LogP contribution in [0.2, 0.25) is 0 Å². The molecule has 0 unspecified atom stereocenters. The minimum atomic E-state index is 0.679. The maximum Gasteiger partial charge on any atom is 0.130 e. The van der Waals surface area contributed by atoms with Crippen LogP contribution in [0.25, 0.3) is 22.0 Å². The van der Waals surface area contributed by atoms with E-state index in [9.17, 15) is 5.11 Å². The van der Waals surface area contributed by atoms with Crippen LogP contribution in [0.5, 0.6) is 0 Å². The smallest absolute Gasteiger partial charge is 0.130 e. The number of aromatic nitrogens is 3. The molecule has 0 radical (unpaired) electrons. The van der Waals surface area contributed by atoms with E-state index in [4.69, 9.17) is 0 Å². The molecule has 1 saturated heterocycles. The highest BCUT2D eigenvalue weighted by molar-refractivity contribution is 5.88. The molecule has 1 aromatic carbocycles. The molecular weight excluding hydrogens is 364 g/mol. The summed E-state index contributed by atoms with van der Waals surface area (Å²) >= 11 is 0. The second-order valence-electron chi connectivity index (χ2n) is 7.74. The van der Waals surface area contributed by atoms with E-state index >= 15 is 0 Å². The first kappa shape index (κ1) is 19.4. The fraction of sp³-hybridized carbons (Fsp3) is 0.364. The number of imidazole rings is 1. The van der Waals surface area contributed by atoms with Crippen LogP contribution in [0.4, 0.5) is 5.82 Å². The number of rotatable bonds is 5. The molecular formula is C22H28N6O. The molecule has 2 N–H and O–H groups in total. The highest BCUT2D eigenvalue weighted by atomic mass is 16.2. The van der Waals surface area contributed by atoms with E-state index in [2.05, 4.69) is 54.9 Å². The van der Waals surface area contributed by atoms with Crippen molar-refractivity contribution >= 4 is 16.6 Å². The summed E-state index contributed by atoms with van der Waals surface area (Å²) < 4.78 is 2.09. The predicted octanol–water partition coefficient (Wildman–Crippen LogP) is 3.00. The van der Waals surface area contributed by atoms with E-state index in [1.54, 1.807) is 0 Å². The number of piperazine rings is 1. The molecule has 152 valence electrons. The molecule has 0 bridgehead atoms. The van der Waals surface area contributed by atoms with Crippen molar-refractivity contribution in [2.24, 2.45) is 7.05 Å². The SMILES string of the molecule is Cc1ncc(-c2ccc3cnc(N/C(=C/O)CN4CCN(C)CC4)cc3c2)n1C. The standard InChI is InChI=1S/C22H28N6O/c1-16-23-13-21(27(16)3)17-4-5-18-12-24-22(11-19(18)10-17)25-20(15-29)14-28-8-6-26(2)7-9-28/h4-5,10-13,15,29H,6-9,14H2,1-3H3,(H,24,25)/b20-15+. The largest absolute Gasteiger partial charge is 0.514 e. The van der Waals surface area contributed by atoms with Gasteiger partial charge in [0.05, 0.1) is 23.8 Å². The molecule has 1 aliphatic rings. The first-order valence-corrected chi connectivity index (χ1v) is 9.93. The normalized spacial score (nSPS) is 16.4. The Morgan fingerprint density at radius 3 is 2.55 bits per heavy atom. The van der Waals surface area contributed by atoms with Crippen LogP contribution in [0, 0.1) is 6.92 Å². The van der Waals surface area contributed by atoms with Gasteiger partial charge < -0.3 is 19.9 Å². The summed E-state index contributed by atoms with van der Waals surface area (Å²) in [5.74, 6) is 1.71. The Balaban J connectivity index is 1.53. The molecule has 1 fully saturated rings. The number of fused-ring (bicyclic) bond motifs is 1. The summed E-state index contributed by atoms with van der Waals surface area (Å²) in [4.78, 5) is 13.6. The third-order valence-electron chi connectivity index (χ3n) is 5.67. The monoisotopic (exact) mass is 392 g/mol. The third kappa shape index (κ3) is 4.26. The van der Waals surface area contributed by atoms with Gasteiger partial charge in [0.2, 0.25) is 0 Å². The van der Waals surface area contributed by atoms with Crippen LogP contribution in [-0.2, 0) is 7.05 Å². The number of aliphatic hydroxyl groups is 1. The average Bonchev–Trinajstić information content (AvgIpc) is 3.07. The maximum absolute atomic E-state index is 9.71. The summed E-state index contributed by atoms with van der Waals surface area (Å²) in [5, 5.41) is 15.2. The lowest BCUT2D eigenvalue weighted by Crippen LogP contribution is -2.45. The summed E-state index contributed by atoms with van der Waals surface area (Å²) in [6, 6.07) is 8.35. The lowest BCUT2D eigenvalue weighted by molar-refractivity contribution is 0.163. The Morgan fingerprint density at radius 2 is 1.86 bits per heavy atom. The number of aryl methyl sites for hydroxylation is 1. The second kappa shape index (κ2) is 8.23. The van der Waals surface area contributed by atoms with Crippen LogP contribution in [0.1, 0.15) is 5.82 Å². The molecule has 0 amide bonds. The van der Waals surface area contributed by atoms with Crippen molar-refractivity contribution in [3.8, 4) is 11.3 Å². The van der Waals surface area contributed by atoms with Crippen LogP contribution >= 0.6 is 0 Å². The molecule has 0 aliphatic carbocycles. The van der Waals surface area contributed by atoms with E-state index in [0.29, 0.717) is 6.54 Å². The predicted molar refractivity (Wildman–Crippen MR) is 117 cm³/mol. The van der Waals surface area contributed by atoms with E-state index in [0.717, 1.165) is 71.8 Å². The van der Waals surface area contributed by atoms with Crippen molar-refractivity contribution in [1.29, 1.82) is 0 Å². The lowest BCUT2D eigenvalue weighted by atomic mass is 10.1. The van der Waals surface area contributed by atoms with E-state index in [1.807, 2.05) is 32.4 Å². The van der Waals surface area contributed by atoms with E-state index < -0.39 is 0 Å². The lowest BCUT2D eigenvalue weighted by Gasteiger charge is -2.32. The number of nitrogens with one attached hydrogen (secondary N) is 1. The van der Waals surface area contributed by atoms with Gasteiger partial charge in [0.15, 0.2) is 0 Å². The fourth-order valence-corrected chi connectivity index (χ4v) is 3.66. The topological polar surface area (TPSA) is 69.5 Å². The number of aliphatic hydroxyl groups excluding tert-OH is 1. The number of anilines is 1. The first-order chi connectivity index (χ1) is 14.0. The number of likely N-dealkylation sites (N-methyl/N-ethyl adjacent to an activating group) is 1. The quantitative estimate of drug-likeness (QED) is 0.651. The van der Waals surface area contributed by atoms with Gasteiger partial charge in [0.1, 0.15) is 11.6 Å². The van der Waals surface area contributed by atoms with Gasteiger partial charge in [-0.1, -0.05) is 12.1 Å². The zero-order chi connectivity index (χ0) is 20.4. The van der Waals surface area contributed by atoms with Gasteiger partial charge >= 0.3 is 0 Å². The molecule has 2 aromatic heterocycles. The summed E-state index contributed by atoms with van der Waals surface area (Å²) in [6.07, 6.45) is 4.92. The number of pyridine rings is 1. The molecule has 7 heteroatoms. The molecule has 4 rings (SSSR count). The fourth-order valence-electron chi connectivity index (χ4n) is 3.66. The van der Waals surface area contributed by atoms with E-state index in [1.165, 1.54) is 0 Å². The summed E-state index contributed by atoms with van der Waals surface area (Å²) in [7, 11) is 4.16. The molecule has 0 saturated carbocycles. The van der Waals surface area contributed by atoms with Crippen LogP contribution in [0.15, 0.2) is 48.6 Å². The maximum atomic E-state index is 9.71. The molecule has 1 aliphatic heterocycles. The number of hydrogen-bond acceptors (Lipinski definition) is 6. The van der Waals surface area contributed by atoms with Gasteiger partial charge in [0, 0.05) is 56.9 Å². The van der Waals surface area contributed by atoms with Crippen LogP contribution in [-0.4, -0.2) is 69.2 Å².